The predicted molar refractivity (Wildman–Crippen MR) is 52.3 cm³/mol. The molecule has 3 N–H and O–H groups in total. The molecule has 0 aromatic heterocycles. The molecule has 1 aromatic carbocycles. The van der Waals surface area contributed by atoms with E-state index in [4.69, 9.17) is 10.8 Å². The van der Waals surface area contributed by atoms with Crippen LogP contribution < -0.4 is 5.73 Å². The van der Waals surface area contributed by atoms with Crippen molar-refractivity contribution in [3.05, 3.63) is 35.4 Å². The van der Waals surface area contributed by atoms with Gasteiger partial charge in [-0.3, -0.25) is 4.99 Å². The lowest BCUT2D eigenvalue weighted by atomic mass is 9.97. The molecule has 0 aliphatic carbocycles. The third-order valence-corrected chi connectivity index (χ3v) is 2.29. The number of rotatable bonds is 1. The van der Waals surface area contributed by atoms with E-state index in [-0.39, 0.29) is 0 Å². The number of benzene rings is 1. The van der Waals surface area contributed by atoms with E-state index in [1.54, 1.807) is 0 Å². The molecule has 0 bridgehead atoms. The number of carboxylic acid groups (broad SMARTS) is 1. The summed E-state index contributed by atoms with van der Waals surface area (Å²) in [5.41, 5.74) is 7.46. The van der Waals surface area contributed by atoms with Crippen LogP contribution in [0.5, 0.6) is 0 Å². The molecule has 2 rings (SSSR count). The SMILES string of the molecule is NC1=N[C@@H](C(=O)O)Cc2ccccc21. The third-order valence-electron chi connectivity index (χ3n) is 2.29. The van der Waals surface area contributed by atoms with Crippen LogP contribution in [0.4, 0.5) is 0 Å². The first-order chi connectivity index (χ1) is 6.68. The number of fused-ring (bicyclic) bond motifs is 1. The van der Waals surface area contributed by atoms with Crippen LogP contribution in [0.2, 0.25) is 0 Å². The zero-order chi connectivity index (χ0) is 10.1. The number of nitrogens with two attached hydrogens (primary N) is 1. The van der Waals surface area contributed by atoms with Crippen LogP contribution in [0.3, 0.4) is 0 Å². The van der Waals surface area contributed by atoms with Gasteiger partial charge >= 0.3 is 5.97 Å². The average Bonchev–Trinajstić information content (AvgIpc) is 2.17. The molecule has 4 nitrogen and oxygen atoms in total. The van der Waals surface area contributed by atoms with Gasteiger partial charge in [-0.2, -0.15) is 0 Å². The Hall–Kier alpha value is -1.84. The monoisotopic (exact) mass is 190 g/mol. The third kappa shape index (κ3) is 1.35. The van der Waals surface area contributed by atoms with Crippen molar-refractivity contribution in [2.24, 2.45) is 10.7 Å². The van der Waals surface area contributed by atoms with Gasteiger partial charge in [-0.1, -0.05) is 24.3 Å². The molecule has 0 fully saturated rings. The van der Waals surface area contributed by atoms with Crippen molar-refractivity contribution in [3.8, 4) is 0 Å². The lowest BCUT2D eigenvalue weighted by molar-refractivity contribution is -0.138. The Bertz CT molecular complexity index is 412. The van der Waals surface area contributed by atoms with E-state index < -0.39 is 12.0 Å². The molecule has 4 heteroatoms. The van der Waals surface area contributed by atoms with Crippen LogP contribution >= 0.6 is 0 Å². The Morgan fingerprint density at radius 1 is 1.50 bits per heavy atom. The molecule has 1 atom stereocenters. The van der Waals surface area contributed by atoms with Gasteiger partial charge in [0.15, 0.2) is 6.04 Å². The first-order valence-corrected chi connectivity index (χ1v) is 4.33. The van der Waals surface area contributed by atoms with E-state index in [1.807, 2.05) is 24.3 Å². The zero-order valence-corrected chi connectivity index (χ0v) is 7.47. The molecular formula is C10H10N2O2. The second-order valence-electron chi connectivity index (χ2n) is 3.23. The molecule has 1 heterocycles. The molecule has 0 amide bonds. The highest BCUT2D eigenvalue weighted by Gasteiger charge is 2.23. The maximum Gasteiger partial charge on any atom is 0.328 e. The molecule has 1 aliphatic heterocycles. The van der Waals surface area contributed by atoms with E-state index in [9.17, 15) is 4.79 Å². The fraction of sp³-hybridized carbons (Fsp3) is 0.200. The second kappa shape index (κ2) is 3.14. The largest absolute Gasteiger partial charge is 0.480 e. The van der Waals surface area contributed by atoms with Gasteiger partial charge in [0.2, 0.25) is 0 Å². The summed E-state index contributed by atoms with van der Waals surface area (Å²) >= 11 is 0. The maximum atomic E-state index is 10.7. The smallest absolute Gasteiger partial charge is 0.328 e. The minimum absolute atomic E-state index is 0.319. The number of aliphatic imine (C=N–C) groups is 1. The molecule has 1 aliphatic rings. The Kier molecular flexibility index (Phi) is 1.96. The van der Waals surface area contributed by atoms with Gasteiger partial charge in [-0.15, -0.1) is 0 Å². The number of nitrogens with zero attached hydrogens (tertiary/aromatic N) is 1. The summed E-state index contributed by atoms with van der Waals surface area (Å²) in [4.78, 5) is 14.7. The lowest BCUT2D eigenvalue weighted by Gasteiger charge is -2.18. The van der Waals surface area contributed by atoms with E-state index in [0.717, 1.165) is 11.1 Å². The molecule has 0 radical (unpaired) electrons. The van der Waals surface area contributed by atoms with Crippen LogP contribution in [-0.2, 0) is 11.2 Å². The fourth-order valence-electron chi connectivity index (χ4n) is 1.58. The molecule has 72 valence electrons. The summed E-state index contributed by atoms with van der Waals surface area (Å²) in [5, 5.41) is 8.82. The van der Waals surface area contributed by atoms with E-state index in [0.29, 0.717) is 12.3 Å². The van der Waals surface area contributed by atoms with Gasteiger partial charge < -0.3 is 10.8 Å². The van der Waals surface area contributed by atoms with Gasteiger partial charge in [0, 0.05) is 12.0 Å². The topological polar surface area (TPSA) is 75.7 Å². The Morgan fingerprint density at radius 3 is 2.93 bits per heavy atom. The molecular weight excluding hydrogens is 180 g/mol. The Morgan fingerprint density at radius 2 is 2.21 bits per heavy atom. The minimum Gasteiger partial charge on any atom is -0.480 e. The van der Waals surface area contributed by atoms with E-state index in [2.05, 4.69) is 4.99 Å². The lowest BCUT2D eigenvalue weighted by Crippen LogP contribution is -2.31. The molecule has 1 aromatic rings. The molecule has 0 spiro atoms. The first kappa shape index (κ1) is 8.74. The van der Waals surface area contributed by atoms with E-state index in [1.165, 1.54) is 0 Å². The number of hydrogen-bond acceptors (Lipinski definition) is 3. The summed E-state index contributed by atoms with van der Waals surface area (Å²) < 4.78 is 0. The van der Waals surface area contributed by atoms with Crippen LogP contribution in [-0.4, -0.2) is 23.0 Å². The summed E-state index contributed by atoms with van der Waals surface area (Å²) in [6.45, 7) is 0. The predicted octanol–water partition coefficient (Wildman–Crippen LogP) is 0.401. The van der Waals surface area contributed by atoms with Gasteiger partial charge in [0.1, 0.15) is 5.84 Å². The van der Waals surface area contributed by atoms with Crippen molar-refractivity contribution in [2.75, 3.05) is 0 Å². The molecule has 0 unspecified atom stereocenters. The van der Waals surface area contributed by atoms with Crippen LogP contribution in [0.15, 0.2) is 29.3 Å². The summed E-state index contributed by atoms with van der Waals surface area (Å²) in [6.07, 6.45) is 0.423. The fourth-order valence-corrected chi connectivity index (χ4v) is 1.58. The Balaban J connectivity index is 2.44. The van der Waals surface area contributed by atoms with Crippen molar-refractivity contribution in [1.29, 1.82) is 0 Å². The second-order valence-corrected chi connectivity index (χ2v) is 3.23. The van der Waals surface area contributed by atoms with Crippen molar-refractivity contribution in [3.63, 3.8) is 0 Å². The molecule has 0 saturated heterocycles. The number of hydrogen-bond donors (Lipinski definition) is 2. The highest BCUT2D eigenvalue weighted by Crippen LogP contribution is 2.17. The van der Waals surface area contributed by atoms with Gasteiger partial charge in [0.05, 0.1) is 0 Å². The van der Waals surface area contributed by atoms with Crippen molar-refractivity contribution < 1.29 is 9.90 Å². The number of carboxylic acids is 1. The van der Waals surface area contributed by atoms with Crippen molar-refractivity contribution in [1.82, 2.24) is 0 Å². The van der Waals surface area contributed by atoms with Crippen molar-refractivity contribution >= 4 is 11.8 Å². The summed E-state index contributed by atoms with van der Waals surface area (Å²) in [5.74, 6) is -0.610. The number of amidine groups is 1. The van der Waals surface area contributed by atoms with Gasteiger partial charge in [-0.25, -0.2) is 4.79 Å². The van der Waals surface area contributed by atoms with Gasteiger partial charge in [0.25, 0.3) is 0 Å². The van der Waals surface area contributed by atoms with E-state index >= 15 is 0 Å². The maximum absolute atomic E-state index is 10.7. The van der Waals surface area contributed by atoms with Gasteiger partial charge in [-0.05, 0) is 5.56 Å². The molecule has 14 heavy (non-hydrogen) atoms. The summed E-state index contributed by atoms with van der Waals surface area (Å²) in [6, 6.07) is 6.74. The normalized spacial score (nSPS) is 19.7. The molecule has 0 saturated carbocycles. The van der Waals surface area contributed by atoms with Crippen LogP contribution in [0.1, 0.15) is 11.1 Å². The summed E-state index contributed by atoms with van der Waals surface area (Å²) in [7, 11) is 0. The quantitative estimate of drug-likeness (QED) is 0.673. The van der Waals surface area contributed by atoms with Crippen LogP contribution in [0, 0.1) is 0 Å². The van der Waals surface area contributed by atoms with Crippen LogP contribution in [0.25, 0.3) is 0 Å². The van der Waals surface area contributed by atoms with Crippen molar-refractivity contribution in [2.45, 2.75) is 12.5 Å². The number of carbonyl (C=O) groups is 1. The Labute approximate surface area is 81.1 Å². The average molecular weight is 190 g/mol. The zero-order valence-electron chi connectivity index (χ0n) is 7.47. The standard InChI is InChI=1S/C10H10N2O2/c11-9-7-4-2-1-3-6(7)5-8(12-9)10(13)14/h1-4,8H,5H2,(H2,11,12)(H,13,14)/t8-/m1/s1. The highest BCUT2D eigenvalue weighted by atomic mass is 16.4. The first-order valence-electron chi connectivity index (χ1n) is 4.33. The highest BCUT2D eigenvalue weighted by molar-refractivity contribution is 6.01. The minimum atomic E-state index is -0.928. The number of aliphatic carboxylic acids is 1.